The van der Waals surface area contributed by atoms with Gasteiger partial charge in [0.05, 0.1) is 6.54 Å². The molecule has 6 nitrogen and oxygen atoms in total. The van der Waals surface area contributed by atoms with Gasteiger partial charge in [0.2, 0.25) is 0 Å². The number of aliphatic imine (C=N–C) groups is 1. The van der Waals surface area contributed by atoms with E-state index in [9.17, 15) is 4.39 Å². The summed E-state index contributed by atoms with van der Waals surface area (Å²) < 4.78 is 13.7. The van der Waals surface area contributed by atoms with Crippen LogP contribution in [0.2, 0.25) is 0 Å². The number of nitrogens with one attached hydrogen (secondary N) is 2. The molecule has 2 heterocycles. The number of rotatable bonds is 6. The Kier molecular flexibility index (Phi) is 7.41. The Morgan fingerprint density at radius 2 is 1.86 bits per heavy atom. The number of anilines is 1. The number of hydrogen-bond donors (Lipinski definition) is 2. The highest BCUT2D eigenvalue weighted by molar-refractivity contribution is 5.79. The van der Waals surface area contributed by atoms with E-state index in [1.807, 2.05) is 19.2 Å². The average molecular weight is 399 g/mol. The van der Waals surface area contributed by atoms with E-state index in [2.05, 4.69) is 49.6 Å². The molecule has 1 fully saturated rings. The fraction of sp³-hybridized carbons (Fsp3) is 0.455. The molecule has 1 aromatic heterocycles. The highest BCUT2D eigenvalue weighted by atomic mass is 19.1. The van der Waals surface area contributed by atoms with Crippen molar-refractivity contribution in [2.24, 2.45) is 4.99 Å². The van der Waals surface area contributed by atoms with Gasteiger partial charge in [0.1, 0.15) is 11.6 Å². The van der Waals surface area contributed by atoms with E-state index in [0.717, 1.165) is 49.7 Å². The number of piperazine rings is 1. The van der Waals surface area contributed by atoms with Crippen LogP contribution in [0.5, 0.6) is 0 Å². The largest absolute Gasteiger partial charge is 0.357 e. The molecule has 29 heavy (non-hydrogen) atoms. The van der Waals surface area contributed by atoms with Crippen molar-refractivity contribution in [3.63, 3.8) is 0 Å². The molecule has 0 saturated carbocycles. The Morgan fingerprint density at radius 1 is 1.10 bits per heavy atom. The fourth-order valence-electron chi connectivity index (χ4n) is 3.18. The minimum absolute atomic E-state index is 0.183. The smallest absolute Gasteiger partial charge is 0.191 e. The van der Waals surface area contributed by atoms with Gasteiger partial charge in [0, 0.05) is 45.5 Å². The molecule has 0 spiro atoms. The standard InChI is InChI=1S/C22H31FN6/c1-4-24-22(26-14-18-6-5-17(2)20(23)13-18)27-16-19-7-8-21(25-15-19)29-11-9-28(3)10-12-29/h5-8,13,15H,4,9-12,14,16H2,1-3H3,(H2,24,26,27). The third-order valence-electron chi connectivity index (χ3n) is 5.10. The van der Waals surface area contributed by atoms with Crippen molar-refractivity contribution in [2.75, 3.05) is 44.7 Å². The van der Waals surface area contributed by atoms with Crippen LogP contribution in [0.3, 0.4) is 0 Å². The van der Waals surface area contributed by atoms with Gasteiger partial charge in [-0.25, -0.2) is 14.4 Å². The van der Waals surface area contributed by atoms with Crippen LogP contribution in [-0.4, -0.2) is 55.6 Å². The van der Waals surface area contributed by atoms with E-state index in [0.29, 0.717) is 24.6 Å². The summed E-state index contributed by atoms with van der Waals surface area (Å²) in [6, 6.07) is 9.45. The molecular formula is C22H31FN6. The van der Waals surface area contributed by atoms with Gasteiger partial charge >= 0.3 is 0 Å². The first kappa shape index (κ1) is 21.0. The number of aryl methyl sites for hydroxylation is 1. The Morgan fingerprint density at radius 3 is 2.52 bits per heavy atom. The van der Waals surface area contributed by atoms with Crippen molar-refractivity contribution in [2.45, 2.75) is 26.9 Å². The molecule has 2 aromatic rings. The molecule has 0 unspecified atom stereocenters. The second-order valence-electron chi connectivity index (χ2n) is 7.45. The van der Waals surface area contributed by atoms with E-state index in [-0.39, 0.29) is 5.82 Å². The maximum Gasteiger partial charge on any atom is 0.191 e. The zero-order valence-corrected chi connectivity index (χ0v) is 17.6. The predicted molar refractivity (Wildman–Crippen MR) is 117 cm³/mol. The van der Waals surface area contributed by atoms with Crippen molar-refractivity contribution in [1.29, 1.82) is 0 Å². The topological polar surface area (TPSA) is 55.8 Å². The fourth-order valence-corrected chi connectivity index (χ4v) is 3.18. The third kappa shape index (κ3) is 6.15. The molecule has 1 aliphatic rings. The van der Waals surface area contributed by atoms with Crippen molar-refractivity contribution >= 4 is 11.8 Å². The van der Waals surface area contributed by atoms with E-state index in [1.54, 1.807) is 19.1 Å². The minimum Gasteiger partial charge on any atom is -0.357 e. The molecule has 2 N–H and O–H groups in total. The van der Waals surface area contributed by atoms with Crippen LogP contribution in [-0.2, 0) is 13.1 Å². The molecule has 0 aliphatic carbocycles. The summed E-state index contributed by atoms with van der Waals surface area (Å²) in [5.41, 5.74) is 2.60. The number of halogens is 1. The van der Waals surface area contributed by atoms with Gasteiger partial charge in [-0.1, -0.05) is 18.2 Å². The van der Waals surface area contributed by atoms with Gasteiger partial charge in [0.25, 0.3) is 0 Å². The zero-order chi connectivity index (χ0) is 20.6. The number of guanidine groups is 1. The lowest BCUT2D eigenvalue weighted by Crippen LogP contribution is -2.44. The number of likely N-dealkylation sites (N-methyl/N-ethyl adjacent to an activating group) is 1. The molecule has 156 valence electrons. The first-order chi connectivity index (χ1) is 14.0. The van der Waals surface area contributed by atoms with E-state index >= 15 is 0 Å². The molecule has 1 aliphatic heterocycles. The lowest BCUT2D eigenvalue weighted by molar-refractivity contribution is 0.312. The Balaban J connectivity index is 1.57. The molecule has 1 aromatic carbocycles. The summed E-state index contributed by atoms with van der Waals surface area (Å²) in [4.78, 5) is 13.9. The Bertz CT molecular complexity index is 813. The van der Waals surface area contributed by atoms with Gasteiger partial charge in [0.15, 0.2) is 5.96 Å². The summed E-state index contributed by atoms with van der Waals surface area (Å²) >= 11 is 0. The predicted octanol–water partition coefficient (Wildman–Crippen LogP) is 2.54. The maximum atomic E-state index is 13.7. The molecule has 0 bridgehead atoms. The quantitative estimate of drug-likeness (QED) is 0.579. The molecule has 0 radical (unpaired) electrons. The van der Waals surface area contributed by atoms with E-state index in [4.69, 9.17) is 0 Å². The van der Waals surface area contributed by atoms with Crippen LogP contribution in [0.15, 0.2) is 41.5 Å². The van der Waals surface area contributed by atoms with Crippen molar-refractivity contribution in [3.05, 3.63) is 59.0 Å². The zero-order valence-electron chi connectivity index (χ0n) is 17.6. The molecule has 1 saturated heterocycles. The number of hydrogen-bond acceptors (Lipinski definition) is 4. The van der Waals surface area contributed by atoms with E-state index in [1.165, 1.54) is 0 Å². The van der Waals surface area contributed by atoms with Crippen molar-refractivity contribution < 1.29 is 4.39 Å². The first-order valence-corrected chi connectivity index (χ1v) is 10.2. The number of pyridine rings is 1. The van der Waals surface area contributed by atoms with Crippen LogP contribution in [0.1, 0.15) is 23.6 Å². The summed E-state index contributed by atoms with van der Waals surface area (Å²) in [5.74, 6) is 1.55. The number of nitrogens with zero attached hydrogens (tertiary/aromatic N) is 4. The minimum atomic E-state index is -0.183. The van der Waals surface area contributed by atoms with E-state index < -0.39 is 0 Å². The maximum absolute atomic E-state index is 13.7. The monoisotopic (exact) mass is 398 g/mol. The van der Waals surface area contributed by atoms with Crippen LogP contribution < -0.4 is 15.5 Å². The van der Waals surface area contributed by atoms with Gasteiger partial charge < -0.3 is 20.4 Å². The van der Waals surface area contributed by atoms with Crippen molar-refractivity contribution in [3.8, 4) is 0 Å². The van der Waals surface area contributed by atoms with Gasteiger partial charge in [-0.2, -0.15) is 0 Å². The lowest BCUT2D eigenvalue weighted by atomic mass is 10.1. The number of benzene rings is 1. The summed E-state index contributed by atoms with van der Waals surface area (Å²) in [6.45, 7) is 9.75. The summed E-state index contributed by atoms with van der Waals surface area (Å²) in [7, 11) is 2.15. The van der Waals surface area contributed by atoms with Crippen molar-refractivity contribution in [1.82, 2.24) is 20.5 Å². The van der Waals surface area contributed by atoms with Gasteiger partial charge in [-0.3, -0.25) is 0 Å². The van der Waals surface area contributed by atoms with Gasteiger partial charge in [-0.05, 0) is 49.7 Å². The van der Waals surface area contributed by atoms with Crippen LogP contribution >= 0.6 is 0 Å². The molecule has 3 rings (SSSR count). The average Bonchev–Trinajstić information content (AvgIpc) is 2.73. The first-order valence-electron chi connectivity index (χ1n) is 10.2. The summed E-state index contributed by atoms with van der Waals surface area (Å²) in [5, 5.41) is 6.49. The molecular weight excluding hydrogens is 367 g/mol. The third-order valence-corrected chi connectivity index (χ3v) is 5.10. The number of aromatic nitrogens is 1. The molecule has 0 amide bonds. The highest BCUT2D eigenvalue weighted by Crippen LogP contribution is 2.14. The Labute approximate surface area is 172 Å². The Hall–Kier alpha value is -2.67. The second-order valence-corrected chi connectivity index (χ2v) is 7.45. The van der Waals surface area contributed by atoms with Crippen LogP contribution in [0.25, 0.3) is 0 Å². The van der Waals surface area contributed by atoms with Crippen LogP contribution in [0.4, 0.5) is 10.2 Å². The lowest BCUT2D eigenvalue weighted by Gasteiger charge is -2.33. The molecule has 0 atom stereocenters. The SMILES string of the molecule is CCNC(=NCc1ccc(N2CCN(C)CC2)nc1)NCc1ccc(C)c(F)c1. The van der Waals surface area contributed by atoms with Gasteiger partial charge in [-0.15, -0.1) is 0 Å². The van der Waals surface area contributed by atoms with Crippen LogP contribution in [0, 0.1) is 12.7 Å². The normalized spacial score (nSPS) is 15.4. The molecule has 7 heteroatoms. The second kappa shape index (κ2) is 10.2. The summed E-state index contributed by atoms with van der Waals surface area (Å²) in [6.07, 6.45) is 1.90. The highest BCUT2D eigenvalue weighted by Gasteiger charge is 2.14.